The van der Waals surface area contributed by atoms with Crippen LogP contribution >= 0.6 is 15.9 Å². The Morgan fingerprint density at radius 3 is 2.68 bits per heavy atom. The molecule has 0 aliphatic rings. The maximum atomic E-state index is 13.3. The van der Waals surface area contributed by atoms with Crippen LogP contribution in [-0.2, 0) is 6.54 Å². The molecule has 0 radical (unpaired) electrons. The molecule has 0 aromatic heterocycles. The number of halogens is 2. The molecule has 2 nitrogen and oxygen atoms in total. The van der Waals surface area contributed by atoms with E-state index in [0.717, 1.165) is 11.1 Å². The first kappa shape index (κ1) is 13.7. The van der Waals surface area contributed by atoms with E-state index in [9.17, 15) is 9.18 Å². The summed E-state index contributed by atoms with van der Waals surface area (Å²) in [5.41, 5.74) is 2.46. The first-order chi connectivity index (χ1) is 9.09. The highest BCUT2D eigenvalue weighted by Crippen LogP contribution is 2.20. The zero-order valence-corrected chi connectivity index (χ0v) is 12.0. The van der Waals surface area contributed by atoms with Gasteiger partial charge in [-0.25, -0.2) is 4.39 Å². The fourth-order valence-electron chi connectivity index (χ4n) is 1.76. The van der Waals surface area contributed by atoms with Gasteiger partial charge in [0.25, 0.3) is 5.91 Å². The van der Waals surface area contributed by atoms with E-state index in [1.165, 1.54) is 12.1 Å². The fourth-order valence-corrected chi connectivity index (χ4v) is 2.20. The van der Waals surface area contributed by atoms with Crippen LogP contribution in [0.5, 0.6) is 0 Å². The third-order valence-corrected chi connectivity index (χ3v) is 3.70. The first-order valence-electron chi connectivity index (χ1n) is 5.86. The highest BCUT2D eigenvalue weighted by atomic mass is 79.9. The van der Waals surface area contributed by atoms with Crippen LogP contribution in [0.1, 0.15) is 21.5 Å². The van der Waals surface area contributed by atoms with Crippen molar-refractivity contribution in [2.75, 3.05) is 0 Å². The molecule has 0 unspecified atom stereocenters. The molecule has 19 heavy (non-hydrogen) atoms. The lowest BCUT2D eigenvalue weighted by Crippen LogP contribution is -2.23. The Balaban J connectivity index is 2.10. The van der Waals surface area contributed by atoms with Gasteiger partial charge in [0.15, 0.2) is 0 Å². The van der Waals surface area contributed by atoms with E-state index in [0.29, 0.717) is 12.1 Å². The summed E-state index contributed by atoms with van der Waals surface area (Å²) in [5.74, 6) is -0.738. The Kier molecular flexibility index (Phi) is 4.32. The van der Waals surface area contributed by atoms with Gasteiger partial charge in [-0.15, -0.1) is 0 Å². The van der Waals surface area contributed by atoms with Crippen molar-refractivity contribution in [1.29, 1.82) is 0 Å². The van der Waals surface area contributed by atoms with Crippen LogP contribution in [0.15, 0.2) is 46.9 Å². The van der Waals surface area contributed by atoms with Gasteiger partial charge in [0, 0.05) is 6.54 Å². The molecule has 4 heteroatoms. The fraction of sp³-hybridized carbons (Fsp3) is 0.133. The van der Waals surface area contributed by atoms with Gasteiger partial charge in [-0.3, -0.25) is 4.79 Å². The number of nitrogens with one attached hydrogen (secondary N) is 1. The smallest absolute Gasteiger partial charge is 0.252 e. The molecule has 0 fully saturated rings. The van der Waals surface area contributed by atoms with E-state index >= 15 is 0 Å². The topological polar surface area (TPSA) is 29.1 Å². The Morgan fingerprint density at radius 1 is 1.21 bits per heavy atom. The van der Waals surface area contributed by atoms with Crippen LogP contribution in [0, 0.1) is 12.7 Å². The van der Waals surface area contributed by atoms with Crippen LogP contribution in [-0.4, -0.2) is 5.91 Å². The second kappa shape index (κ2) is 5.97. The monoisotopic (exact) mass is 321 g/mol. The normalized spacial score (nSPS) is 10.3. The third kappa shape index (κ3) is 3.20. The maximum absolute atomic E-state index is 13.3. The van der Waals surface area contributed by atoms with Gasteiger partial charge >= 0.3 is 0 Å². The molecule has 0 aliphatic heterocycles. The molecule has 0 saturated carbocycles. The molecule has 2 rings (SSSR count). The minimum Gasteiger partial charge on any atom is -0.348 e. The molecule has 1 amide bonds. The molecule has 0 heterocycles. The summed E-state index contributed by atoms with van der Waals surface area (Å²) < 4.78 is 13.5. The molecular weight excluding hydrogens is 309 g/mol. The summed E-state index contributed by atoms with van der Waals surface area (Å²) >= 11 is 3.09. The second-order valence-electron chi connectivity index (χ2n) is 4.21. The number of hydrogen-bond donors (Lipinski definition) is 1. The van der Waals surface area contributed by atoms with E-state index in [4.69, 9.17) is 0 Å². The lowest BCUT2D eigenvalue weighted by molar-refractivity contribution is 0.0949. The average molecular weight is 322 g/mol. The molecule has 0 atom stereocenters. The van der Waals surface area contributed by atoms with Gasteiger partial charge in [-0.1, -0.05) is 30.3 Å². The molecule has 2 aromatic rings. The minimum absolute atomic E-state index is 0.192. The second-order valence-corrected chi connectivity index (χ2v) is 5.00. The molecule has 98 valence electrons. The standard InChI is InChI=1S/C15H13BrFNO/c1-10-5-2-3-6-11(10)9-18-15(19)12-7-4-8-13(17)14(12)16/h2-8H,9H2,1H3,(H,18,19). The van der Waals surface area contributed by atoms with E-state index in [1.807, 2.05) is 31.2 Å². The average Bonchev–Trinajstić information content (AvgIpc) is 2.40. The van der Waals surface area contributed by atoms with Gasteiger partial charge in [0.2, 0.25) is 0 Å². The molecular formula is C15H13BrFNO. The predicted octanol–water partition coefficient (Wildman–Crippen LogP) is 3.83. The molecule has 2 aromatic carbocycles. The number of benzene rings is 2. The maximum Gasteiger partial charge on any atom is 0.252 e. The Bertz CT molecular complexity index is 613. The summed E-state index contributed by atoms with van der Waals surface area (Å²) in [7, 11) is 0. The minimum atomic E-state index is -0.441. The Morgan fingerprint density at radius 2 is 1.95 bits per heavy atom. The van der Waals surface area contributed by atoms with Crippen LogP contribution in [0.25, 0.3) is 0 Å². The zero-order valence-electron chi connectivity index (χ0n) is 10.4. The summed E-state index contributed by atoms with van der Waals surface area (Å²) in [5, 5.41) is 2.79. The van der Waals surface area contributed by atoms with Crippen LogP contribution in [0.4, 0.5) is 4.39 Å². The quantitative estimate of drug-likeness (QED) is 0.914. The lowest BCUT2D eigenvalue weighted by Gasteiger charge is -2.09. The number of aryl methyl sites for hydroxylation is 1. The highest BCUT2D eigenvalue weighted by molar-refractivity contribution is 9.10. The SMILES string of the molecule is Cc1ccccc1CNC(=O)c1cccc(F)c1Br. The summed E-state index contributed by atoms with van der Waals surface area (Å²) in [6.45, 7) is 2.41. The van der Waals surface area contributed by atoms with Crippen molar-refractivity contribution in [3.05, 3.63) is 69.4 Å². The van der Waals surface area contributed by atoms with Crippen molar-refractivity contribution in [2.45, 2.75) is 13.5 Å². The van der Waals surface area contributed by atoms with Crippen molar-refractivity contribution in [2.24, 2.45) is 0 Å². The van der Waals surface area contributed by atoms with Crippen molar-refractivity contribution in [3.8, 4) is 0 Å². The van der Waals surface area contributed by atoms with Crippen molar-refractivity contribution < 1.29 is 9.18 Å². The van der Waals surface area contributed by atoms with Gasteiger partial charge in [0.05, 0.1) is 10.0 Å². The molecule has 0 spiro atoms. The van der Waals surface area contributed by atoms with E-state index in [1.54, 1.807) is 6.07 Å². The van der Waals surface area contributed by atoms with Crippen molar-refractivity contribution in [1.82, 2.24) is 5.32 Å². The number of amides is 1. The molecule has 0 aliphatic carbocycles. The van der Waals surface area contributed by atoms with E-state index < -0.39 is 5.82 Å². The van der Waals surface area contributed by atoms with Crippen LogP contribution in [0.3, 0.4) is 0 Å². The Hall–Kier alpha value is -1.68. The predicted molar refractivity (Wildman–Crippen MR) is 76.4 cm³/mol. The van der Waals surface area contributed by atoms with Crippen molar-refractivity contribution >= 4 is 21.8 Å². The van der Waals surface area contributed by atoms with Gasteiger partial charge in [-0.2, -0.15) is 0 Å². The van der Waals surface area contributed by atoms with Crippen molar-refractivity contribution in [3.63, 3.8) is 0 Å². The van der Waals surface area contributed by atoms with E-state index in [2.05, 4.69) is 21.2 Å². The number of rotatable bonds is 3. The molecule has 0 saturated heterocycles. The highest BCUT2D eigenvalue weighted by Gasteiger charge is 2.12. The zero-order chi connectivity index (χ0) is 13.8. The third-order valence-electron chi connectivity index (χ3n) is 2.90. The van der Waals surface area contributed by atoms with Crippen LogP contribution < -0.4 is 5.32 Å². The van der Waals surface area contributed by atoms with Crippen LogP contribution in [0.2, 0.25) is 0 Å². The van der Waals surface area contributed by atoms with Gasteiger partial charge in [0.1, 0.15) is 5.82 Å². The largest absolute Gasteiger partial charge is 0.348 e. The first-order valence-corrected chi connectivity index (χ1v) is 6.65. The van der Waals surface area contributed by atoms with Gasteiger partial charge in [-0.05, 0) is 46.1 Å². The Labute approximate surface area is 119 Å². The number of hydrogen-bond acceptors (Lipinski definition) is 1. The summed E-state index contributed by atoms with van der Waals surface area (Å²) in [6.07, 6.45) is 0. The van der Waals surface area contributed by atoms with Gasteiger partial charge < -0.3 is 5.32 Å². The number of carbonyl (C=O) groups is 1. The molecule has 0 bridgehead atoms. The summed E-state index contributed by atoms with van der Waals surface area (Å²) in [6, 6.07) is 12.2. The van der Waals surface area contributed by atoms with E-state index in [-0.39, 0.29) is 10.4 Å². The number of carbonyl (C=O) groups excluding carboxylic acids is 1. The molecule has 1 N–H and O–H groups in total. The lowest BCUT2D eigenvalue weighted by atomic mass is 10.1. The summed E-state index contributed by atoms with van der Waals surface area (Å²) in [4.78, 5) is 12.0.